The van der Waals surface area contributed by atoms with Crippen LogP contribution >= 0.6 is 11.8 Å². The third kappa shape index (κ3) is 3.68. The summed E-state index contributed by atoms with van der Waals surface area (Å²) in [6.45, 7) is 1.90. The fraction of sp³-hybridized carbons (Fsp3) is 0.250. The van der Waals surface area contributed by atoms with Crippen LogP contribution in [0.25, 0.3) is 0 Å². The molecule has 0 saturated heterocycles. The molecule has 1 nitrogen and oxygen atoms in total. The predicted octanol–water partition coefficient (Wildman–Crippen LogP) is 3.39. The molecular formula is C12H13NS. The van der Waals surface area contributed by atoms with Crippen LogP contribution in [0.5, 0.6) is 0 Å². The van der Waals surface area contributed by atoms with Crippen LogP contribution in [0.2, 0.25) is 0 Å². The molecular weight excluding hydrogens is 190 g/mol. The minimum absolute atomic E-state index is 0.807. The molecule has 0 aliphatic heterocycles. The van der Waals surface area contributed by atoms with Crippen LogP contribution in [-0.4, -0.2) is 5.75 Å². The molecule has 14 heavy (non-hydrogen) atoms. The molecule has 1 rings (SSSR count). The van der Waals surface area contributed by atoms with Gasteiger partial charge >= 0.3 is 0 Å². The summed E-state index contributed by atoms with van der Waals surface area (Å²) in [6.07, 6.45) is 1.87. The van der Waals surface area contributed by atoms with E-state index in [-0.39, 0.29) is 0 Å². The molecule has 1 aromatic rings. The van der Waals surface area contributed by atoms with E-state index < -0.39 is 0 Å². The standard InChI is InChI=1S/C12H13NS/c1-2-11(8-13)9-14-10-12-6-4-3-5-7-12/h2-7H,9-10H2,1H3/b11-2+. The first-order valence-corrected chi connectivity index (χ1v) is 5.69. The van der Waals surface area contributed by atoms with Gasteiger partial charge in [-0.25, -0.2) is 0 Å². The Hall–Kier alpha value is -1.20. The minimum atomic E-state index is 0.807. The average molecular weight is 203 g/mol. The summed E-state index contributed by atoms with van der Waals surface area (Å²) in [5.74, 6) is 1.78. The molecule has 0 aliphatic rings. The molecule has 0 heterocycles. The Kier molecular flexibility index (Phi) is 4.88. The van der Waals surface area contributed by atoms with Crippen LogP contribution < -0.4 is 0 Å². The van der Waals surface area contributed by atoms with Crippen molar-refractivity contribution in [1.82, 2.24) is 0 Å². The van der Waals surface area contributed by atoms with Crippen LogP contribution in [0.1, 0.15) is 12.5 Å². The van der Waals surface area contributed by atoms with Gasteiger partial charge in [-0.05, 0) is 12.5 Å². The summed E-state index contributed by atoms with van der Waals surface area (Å²) in [6, 6.07) is 12.5. The predicted molar refractivity (Wildman–Crippen MR) is 62.0 cm³/mol. The number of thioether (sulfide) groups is 1. The molecule has 0 aliphatic carbocycles. The van der Waals surface area contributed by atoms with Crippen molar-refractivity contribution < 1.29 is 0 Å². The van der Waals surface area contributed by atoms with Gasteiger partial charge in [0.15, 0.2) is 0 Å². The molecule has 0 amide bonds. The van der Waals surface area contributed by atoms with Crippen molar-refractivity contribution in [2.75, 3.05) is 5.75 Å². The third-order valence-electron chi connectivity index (χ3n) is 1.86. The van der Waals surface area contributed by atoms with E-state index in [0.29, 0.717) is 0 Å². The first-order valence-electron chi connectivity index (χ1n) is 4.53. The molecule has 0 bridgehead atoms. The Morgan fingerprint density at radius 3 is 2.71 bits per heavy atom. The van der Waals surface area contributed by atoms with E-state index in [1.165, 1.54) is 5.56 Å². The quantitative estimate of drug-likeness (QED) is 0.700. The summed E-state index contributed by atoms with van der Waals surface area (Å²) < 4.78 is 0. The first kappa shape index (κ1) is 10.9. The van der Waals surface area contributed by atoms with E-state index in [4.69, 9.17) is 5.26 Å². The molecule has 1 aromatic carbocycles. The zero-order chi connectivity index (χ0) is 10.2. The van der Waals surface area contributed by atoms with Crippen molar-refractivity contribution in [3.05, 3.63) is 47.5 Å². The van der Waals surface area contributed by atoms with Crippen LogP contribution in [0.4, 0.5) is 0 Å². The summed E-state index contributed by atoms with van der Waals surface area (Å²) in [5, 5.41) is 8.69. The second kappa shape index (κ2) is 6.28. The van der Waals surface area contributed by atoms with Gasteiger partial charge in [-0.1, -0.05) is 36.4 Å². The van der Waals surface area contributed by atoms with Gasteiger partial charge in [0.05, 0.1) is 6.07 Å². The van der Waals surface area contributed by atoms with E-state index in [2.05, 4.69) is 18.2 Å². The lowest BCUT2D eigenvalue weighted by Gasteiger charge is -1.99. The monoisotopic (exact) mass is 203 g/mol. The summed E-state index contributed by atoms with van der Waals surface area (Å²) in [4.78, 5) is 0. The maximum atomic E-state index is 8.69. The van der Waals surface area contributed by atoms with Crippen molar-refractivity contribution in [3.8, 4) is 6.07 Å². The van der Waals surface area contributed by atoms with Gasteiger partial charge in [0.1, 0.15) is 0 Å². The highest BCUT2D eigenvalue weighted by atomic mass is 32.2. The number of benzene rings is 1. The van der Waals surface area contributed by atoms with Crippen molar-refractivity contribution in [1.29, 1.82) is 5.26 Å². The summed E-state index contributed by atoms with van der Waals surface area (Å²) in [7, 11) is 0. The molecule has 2 heteroatoms. The number of hydrogen-bond donors (Lipinski definition) is 0. The van der Waals surface area contributed by atoms with Gasteiger partial charge in [0.2, 0.25) is 0 Å². The maximum Gasteiger partial charge on any atom is 0.0952 e. The SMILES string of the molecule is C/C=C(\C#N)CSCc1ccccc1. The Balaban J connectivity index is 2.33. The van der Waals surface area contributed by atoms with E-state index in [0.717, 1.165) is 17.1 Å². The zero-order valence-corrected chi connectivity index (χ0v) is 9.05. The van der Waals surface area contributed by atoms with Crippen molar-refractivity contribution in [2.24, 2.45) is 0 Å². The van der Waals surface area contributed by atoms with Gasteiger partial charge in [0.25, 0.3) is 0 Å². The number of nitriles is 1. The second-order valence-corrected chi connectivity index (χ2v) is 3.89. The molecule has 0 N–H and O–H groups in total. The smallest absolute Gasteiger partial charge is 0.0952 e. The Labute approximate surface area is 89.4 Å². The highest BCUT2D eigenvalue weighted by Crippen LogP contribution is 2.14. The number of allylic oxidation sites excluding steroid dienone is 1. The topological polar surface area (TPSA) is 23.8 Å². The van der Waals surface area contributed by atoms with E-state index >= 15 is 0 Å². The lowest BCUT2D eigenvalue weighted by molar-refractivity contribution is 1.39. The maximum absolute atomic E-state index is 8.69. The highest BCUT2D eigenvalue weighted by molar-refractivity contribution is 7.98. The number of rotatable bonds is 4. The Morgan fingerprint density at radius 2 is 2.14 bits per heavy atom. The lowest BCUT2D eigenvalue weighted by Crippen LogP contribution is -1.85. The Bertz CT molecular complexity index is 335. The van der Waals surface area contributed by atoms with Gasteiger partial charge < -0.3 is 0 Å². The fourth-order valence-electron chi connectivity index (χ4n) is 1.03. The molecule has 0 fully saturated rings. The van der Waals surface area contributed by atoms with Gasteiger partial charge in [-0.15, -0.1) is 0 Å². The van der Waals surface area contributed by atoms with Gasteiger partial charge in [-0.3, -0.25) is 0 Å². The van der Waals surface area contributed by atoms with Crippen LogP contribution in [0.3, 0.4) is 0 Å². The molecule has 0 spiro atoms. The van der Waals surface area contributed by atoms with Crippen LogP contribution in [0.15, 0.2) is 42.0 Å². The van der Waals surface area contributed by atoms with Crippen molar-refractivity contribution in [2.45, 2.75) is 12.7 Å². The van der Waals surface area contributed by atoms with Gasteiger partial charge in [-0.2, -0.15) is 17.0 Å². The molecule has 72 valence electrons. The van der Waals surface area contributed by atoms with Crippen molar-refractivity contribution >= 4 is 11.8 Å². The largest absolute Gasteiger partial charge is 0.193 e. The normalized spacial score (nSPS) is 11.0. The summed E-state index contributed by atoms with van der Waals surface area (Å²) in [5.41, 5.74) is 2.16. The fourth-order valence-corrected chi connectivity index (χ4v) is 2.01. The second-order valence-electron chi connectivity index (χ2n) is 2.90. The number of nitrogens with zero attached hydrogens (tertiary/aromatic N) is 1. The van der Waals surface area contributed by atoms with Crippen LogP contribution in [-0.2, 0) is 5.75 Å². The summed E-state index contributed by atoms with van der Waals surface area (Å²) >= 11 is 1.77. The molecule has 0 aromatic heterocycles. The lowest BCUT2D eigenvalue weighted by atomic mass is 10.2. The molecule has 0 unspecified atom stereocenters. The van der Waals surface area contributed by atoms with Crippen molar-refractivity contribution in [3.63, 3.8) is 0 Å². The van der Waals surface area contributed by atoms with Gasteiger partial charge in [0, 0.05) is 17.1 Å². The van der Waals surface area contributed by atoms with E-state index in [1.54, 1.807) is 11.8 Å². The number of hydrogen-bond acceptors (Lipinski definition) is 2. The molecule has 0 saturated carbocycles. The Morgan fingerprint density at radius 1 is 1.43 bits per heavy atom. The average Bonchev–Trinajstić information content (AvgIpc) is 2.26. The zero-order valence-electron chi connectivity index (χ0n) is 8.23. The van der Waals surface area contributed by atoms with Crippen LogP contribution in [0, 0.1) is 11.3 Å². The molecule has 0 atom stereocenters. The minimum Gasteiger partial charge on any atom is -0.193 e. The van der Waals surface area contributed by atoms with E-state index in [1.807, 2.05) is 31.2 Å². The highest BCUT2D eigenvalue weighted by Gasteiger charge is 1.95. The van der Waals surface area contributed by atoms with E-state index in [9.17, 15) is 0 Å². The first-order chi connectivity index (χ1) is 6.86. The third-order valence-corrected chi connectivity index (χ3v) is 2.91. The molecule has 0 radical (unpaired) electrons.